The molecule has 0 heterocycles. The summed E-state index contributed by atoms with van der Waals surface area (Å²) in [5.74, 6) is -0.735. The minimum absolute atomic E-state index is 0.0286. The van der Waals surface area contributed by atoms with E-state index < -0.39 is 5.82 Å². The van der Waals surface area contributed by atoms with Crippen LogP contribution in [-0.4, -0.2) is 0 Å². The number of aryl methyl sites for hydroxylation is 5. The lowest BCUT2D eigenvalue weighted by atomic mass is 9.97. The fourth-order valence-corrected chi connectivity index (χ4v) is 4.56. The summed E-state index contributed by atoms with van der Waals surface area (Å²) in [5.41, 5.74) is 5.33. The van der Waals surface area contributed by atoms with Crippen LogP contribution in [0, 0.1) is 23.0 Å². The second-order valence-corrected chi connectivity index (χ2v) is 9.29. The second kappa shape index (κ2) is 11.8. The molecule has 0 saturated heterocycles. The molecule has 4 aromatic rings. The van der Waals surface area contributed by atoms with E-state index in [-0.39, 0.29) is 11.4 Å². The van der Waals surface area contributed by atoms with Crippen molar-refractivity contribution in [1.82, 2.24) is 0 Å². The van der Waals surface area contributed by atoms with E-state index in [9.17, 15) is 4.39 Å². The van der Waals surface area contributed by atoms with Crippen LogP contribution >= 0.6 is 0 Å². The topological polar surface area (TPSA) is 23.8 Å². The Hall–Kier alpha value is -3.51. The van der Waals surface area contributed by atoms with Crippen LogP contribution in [0.15, 0.2) is 72.8 Å². The van der Waals surface area contributed by atoms with E-state index in [2.05, 4.69) is 37.3 Å². The van der Waals surface area contributed by atoms with Gasteiger partial charge in [-0.3, -0.25) is 0 Å². The quantitative estimate of drug-likeness (QED) is 0.215. The van der Waals surface area contributed by atoms with E-state index in [1.165, 1.54) is 48.1 Å². The number of fused-ring (bicyclic) bond motifs is 1. The van der Waals surface area contributed by atoms with Crippen LogP contribution in [0.25, 0.3) is 10.8 Å². The Bertz CT molecular complexity index is 1330. The molecule has 0 atom stereocenters. The summed E-state index contributed by atoms with van der Waals surface area (Å²) in [6, 6.07) is 25.1. The first kappa shape index (κ1) is 24.6. The molecular formula is C32H31F2N. The number of halogens is 2. The Kier molecular flexibility index (Phi) is 8.27. The average Bonchev–Trinajstić information content (AvgIpc) is 2.88. The number of hydrogen-bond donors (Lipinski definition) is 0. The van der Waals surface area contributed by atoms with E-state index >= 15 is 4.39 Å². The van der Waals surface area contributed by atoms with Crippen molar-refractivity contribution in [2.45, 2.75) is 58.3 Å². The zero-order valence-electron chi connectivity index (χ0n) is 20.3. The molecule has 0 bridgehead atoms. The van der Waals surface area contributed by atoms with E-state index in [4.69, 9.17) is 5.26 Å². The SMILES string of the molecule is CCCCCc1ccc(CCc2ccc3c(F)c(CCc4ccc(C#N)c(F)c4)ccc3c2)cc1. The molecule has 0 unspecified atom stereocenters. The summed E-state index contributed by atoms with van der Waals surface area (Å²) in [6.07, 6.45) is 7.79. The van der Waals surface area contributed by atoms with Crippen LogP contribution in [0.2, 0.25) is 0 Å². The van der Waals surface area contributed by atoms with Gasteiger partial charge in [0.25, 0.3) is 0 Å². The maximum atomic E-state index is 15.2. The maximum absolute atomic E-state index is 15.2. The monoisotopic (exact) mass is 467 g/mol. The number of unbranched alkanes of at least 4 members (excludes halogenated alkanes) is 2. The second-order valence-electron chi connectivity index (χ2n) is 9.29. The molecule has 4 rings (SSSR count). The summed E-state index contributed by atoms with van der Waals surface area (Å²) in [6.45, 7) is 2.23. The molecule has 178 valence electrons. The molecule has 0 radical (unpaired) electrons. The predicted molar refractivity (Wildman–Crippen MR) is 140 cm³/mol. The Balaban J connectivity index is 1.38. The first-order chi connectivity index (χ1) is 17.1. The van der Waals surface area contributed by atoms with Crippen molar-refractivity contribution >= 4 is 10.8 Å². The largest absolute Gasteiger partial charge is 0.206 e. The zero-order valence-corrected chi connectivity index (χ0v) is 20.3. The summed E-state index contributed by atoms with van der Waals surface area (Å²) < 4.78 is 29.0. The molecule has 0 amide bonds. The minimum Gasteiger partial charge on any atom is -0.206 e. The lowest BCUT2D eigenvalue weighted by molar-refractivity contribution is 0.616. The third-order valence-electron chi connectivity index (χ3n) is 6.73. The molecule has 0 N–H and O–H groups in total. The van der Waals surface area contributed by atoms with Crippen LogP contribution < -0.4 is 0 Å². The standard InChI is InChI=1S/C32H31F2N/c1-2-3-4-5-23-6-8-24(9-7-23)10-11-25-14-19-30-28(20-25)18-17-27(32(30)34)15-12-26-13-16-29(22-35)31(33)21-26/h6-9,13-14,16-21H,2-5,10-12,15H2,1H3. The Labute approximate surface area is 207 Å². The number of nitrogens with zero attached hydrogens (tertiary/aromatic N) is 1. The molecule has 0 aliphatic rings. The van der Waals surface area contributed by atoms with Gasteiger partial charge in [-0.1, -0.05) is 80.4 Å². The van der Waals surface area contributed by atoms with Gasteiger partial charge in [0.2, 0.25) is 0 Å². The minimum atomic E-state index is -0.528. The van der Waals surface area contributed by atoms with Gasteiger partial charge in [-0.05, 0) is 83.9 Å². The smallest absolute Gasteiger partial charge is 0.141 e. The third-order valence-corrected chi connectivity index (χ3v) is 6.73. The van der Waals surface area contributed by atoms with Crippen LogP contribution in [0.3, 0.4) is 0 Å². The van der Waals surface area contributed by atoms with Crippen LogP contribution in [0.5, 0.6) is 0 Å². The summed E-state index contributed by atoms with van der Waals surface area (Å²) >= 11 is 0. The molecule has 0 aliphatic heterocycles. The molecule has 0 aliphatic carbocycles. The highest BCUT2D eigenvalue weighted by molar-refractivity contribution is 5.84. The van der Waals surface area contributed by atoms with Crippen molar-refractivity contribution in [3.8, 4) is 6.07 Å². The van der Waals surface area contributed by atoms with Gasteiger partial charge in [0.1, 0.15) is 17.7 Å². The van der Waals surface area contributed by atoms with Gasteiger partial charge >= 0.3 is 0 Å². The van der Waals surface area contributed by atoms with Crippen molar-refractivity contribution < 1.29 is 8.78 Å². The molecule has 35 heavy (non-hydrogen) atoms. The van der Waals surface area contributed by atoms with E-state index in [0.717, 1.165) is 30.2 Å². The highest BCUT2D eigenvalue weighted by Crippen LogP contribution is 2.25. The summed E-state index contributed by atoms with van der Waals surface area (Å²) in [7, 11) is 0. The van der Waals surface area contributed by atoms with Gasteiger partial charge in [-0.2, -0.15) is 5.26 Å². The fraction of sp³-hybridized carbons (Fsp3) is 0.281. The first-order valence-electron chi connectivity index (χ1n) is 12.5. The van der Waals surface area contributed by atoms with Crippen molar-refractivity contribution in [2.75, 3.05) is 0 Å². The molecule has 1 nitrogen and oxygen atoms in total. The Morgan fingerprint density at radius 1 is 0.657 bits per heavy atom. The fourth-order valence-electron chi connectivity index (χ4n) is 4.56. The normalized spacial score (nSPS) is 11.0. The molecule has 3 heteroatoms. The number of nitriles is 1. The number of hydrogen-bond acceptors (Lipinski definition) is 1. The first-order valence-corrected chi connectivity index (χ1v) is 12.5. The molecule has 4 aromatic carbocycles. The van der Waals surface area contributed by atoms with E-state index in [1.807, 2.05) is 30.3 Å². The van der Waals surface area contributed by atoms with Crippen molar-refractivity contribution in [3.05, 3.63) is 118 Å². The number of rotatable bonds is 10. The molecule has 0 spiro atoms. The van der Waals surface area contributed by atoms with Crippen molar-refractivity contribution in [2.24, 2.45) is 0 Å². The molecule has 0 aromatic heterocycles. The van der Waals surface area contributed by atoms with Crippen molar-refractivity contribution in [1.29, 1.82) is 5.26 Å². The molecular weight excluding hydrogens is 436 g/mol. The van der Waals surface area contributed by atoms with Gasteiger partial charge in [-0.15, -0.1) is 0 Å². The van der Waals surface area contributed by atoms with E-state index in [1.54, 1.807) is 6.07 Å². The summed E-state index contributed by atoms with van der Waals surface area (Å²) in [4.78, 5) is 0. The average molecular weight is 468 g/mol. The van der Waals surface area contributed by atoms with Crippen LogP contribution in [-0.2, 0) is 32.1 Å². The maximum Gasteiger partial charge on any atom is 0.141 e. The zero-order chi connectivity index (χ0) is 24.6. The van der Waals surface area contributed by atoms with Gasteiger partial charge < -0.3 is 0 Å². The predicted octanol–water partition coefficient (Wildman–Crippen LogP) is 8.29. The molecule has 0 fully saturated rings. The highest BCUT2D eigenvalue weighted by atomic mass is 19.1. The lowest BCUT2D eigenvalue weighted by Gasteiger charge is -2.10. The number of benzene rings is 4. The van der Waals surface area contributed by atoms with Gasteiger partial charge in [0, 0.05) is 5.39 Å². The third kappa shape index (κ3) is 6.34. The molecule has 0 saturated carbocycles. The van der Waals surface area contributed by atoms with Crippen molar-refractivity contribution in [3.63, 3.8) is 0 Å². The summed E-state index contributed by atoms with van der Waals surface area (Å²) in [5, 5.41) is 10.4. The highest BCUT2D eigenvalue weighted by Gasteiger charge is 2.10. The van der Waals surface area contributed by atoms with Crippen LogP contribution in [0.4, 0.5) is 8.78 Å². The Morgan fingerprint density at radius 2 is 1.29 bits per heavy atom. The lowest BCUT2D eigenvalue weighted by Crippen LogP contribution is -1.98. The van der Waals surface area contributed by atoms with Gasteiger partial charge in [0.05, 0.1) is 5.56 Å². The Morgan fingerprint density at radius 3 is 2.00 bits per heavy atom. The van der Waals surface area contributed by atoms with Gasteiger partial charge in [-0.25, -0.2) is 8.78 Å². The van der Waals surface area contributed by atoms with Crippen LogP contribution in [0.1, 0.15) is 59.6 Å². The van der Waals surface area contributed by atoms with Gasteiger partial charge in [0.15, 0.2) is 0 Å². The van der Waals surface area contributed by atoms with E-state index in [0.29, 0.717) is 23.8 Å².